The summed E-state index contributed by atoms with van der Waals surface area (Å²) in [6.07, 6.45) is 1.78. The van der Waals surface area contributed by atoms with E-state index in [1.807, 2.05) is 36.4 Å². The fraction of sp³-hybridized carbons (Fsp3) is 0.167. The fourth-order valence-electron chi connectivity index (χ4n) is 2.39. The van der Waals surface area contributed by atoms with Gasteiger partial charge in [-0.3, -0.25) is 0 Å². The van der Waals surface area contributed by atoms with Crippen molar-refractivity contribution in [2.24, 2.45) is 0 Å². The predicted octanol–water partition coefficient (Wildman–Crippen LogP) is 2.81. The lowest BCUT2D eigenvalue weighted by Crippen LogP contribution is -2.22. The van der Waals surface area contributed by atoms with Gasteiger partial charge in [-0.15, -0.1) is 0 Å². The third-order valence-electron chi connectivity index (χ3n) is 3.81. The highest BCUT2D eigenvalue weighted by molar-refractivity contribution is 7.98. The number of hydrogen-bond acceptors (Lipinski definition) is 5. The molecule has 2 aromatic carbocycles. The van der Waals surface area contributed by atoms with E-state index in [4.69, 9.17) is 5.84 Å². The molecular weight excluding hydrogens is 368 g/mol. The summed E-state index contributed by atoms with van der Waals surface area (Å²) in [5.74, 6) is 6.58. The van der Waals surface area contributed by atoms with E-state index in [2.05, 4.69) is 4.98 Å². The molecule has 0 bridgehead atoms. The maximum Gasteiger partial charge on any atom is 0.242 e. The number of rotatable bonds is 6. The number of nitrogens with zero attached hydrogens (tertiary/aromatic N) is 3. The zero-order valence-electron chi connectivity index (χ0n) is 14.5. The van der Waals surface area contributed by atoms with Gasteiger partial charge < -0.3 is 5.84 Å². The average molecular weight is 389 g/mol. The summed E-state index contributed by atoms with van der Waals surface area (Å²) < 4.78 is 27.2. The zero-order valence-corrected chi connectivity index (χ0v) is 16.2. The maximum atomic E-state index is 12.3. The summed E-state index contributed by atoms with van der Waals surface area (Å²) >= 11 is 1.46. The SMILES string of the molecule is CN(C)S(=O)(=O)c1cccc(CSc2nc(-c3ccccc3)cn2N)c1. The summed E-state index contributed by atoms with van der Waals surface area (Å²) in [4.78, 5) is 4.85. The fourth-order valence-corrected chi connectivity index (χ4v) is 4.20. The number of hydrogen-bond donors (Lipinski definition) is 1. The van der Waals surface area contributed by atoms with E-state index in [-0.39, 0.29) is 4.90 Å². The molecule has 26 heavy (non-hydrogen) atoms. The van der Waals surface area contributed by atoms with Crippen LogP contribution in [-0.2, 0) is 15.8 Å². The van der Waals surface area contributed by atoms with E-state index in [1.165, 1.54) is 34.8 Å². The number of imidazole rings is 1. The van der Waals surface area contributed by atoms with Crippen LogP contribution < -0.4 is 5.84 Å². The molecule has 2 N–H and O–H groups in total. The molecule has 1 aromatic heterocycles. The molecule has 0 atom stereocenters. The van der Waals surface area contributed by atoms with Crippen LogP contribution in [0.15, 0.2) is 70.8 Å². The summed E-state index contributed by atoms with van der Waals surface area (Å²) in [7, 11) is -0.402. The molecule has 3 aromatic rings. The Labute approximate surface area is 157 Å². The minimum absolute atomic E-state index is 0.279. The molecular formula is C18H20N4O2S2. The lowest BCUT2D eigenvalue weighted by atomic mass is 10.2. The summed E-state index contributed by atoms with van der Waals surface area (Å²) in [5.41, 5.74) is 2.69. The molecule has 136 valence electrons. The van der Waals surface area contributed by atoms with Gasteiger partial charge in [0, 0.05) is 25.4 Å². The number of benzene rings is 2. The standard InChI is InChI=1S/C18H20N4O2S2/c1-21(2)26(23,24)16-10-6-7-14(11-16)13-25-18-20-17(12-22(18)19)15-8-4-3-5-9-15/h3-12H,13,19H2,1-2H3. The number of aromatic nitrogens is 2. The van der Waals surface area contributed by atoms with Gasteiger partial charge in [-0.25, -0.2) is 22.4 Å². The van der Waals surface area contributed by atoms with Gasteiger partial charge in [0.1, 0.15) is 0 Å². The average Bonchev–Trinajstić information content (AvgIpc) is 3.01. The van der Waals surface area contributed by atoms with Gasteiger partial charge >= 0.3 is 0 Å². The molecule has 6 nitrogen and oxygen atoms in total. The van der Waals surface area contributed by atoms with Crippen molar-refractivity contribution in [3.63, 3.8) is 0 Å². The minimum Gasteiger partial charge on any atom is -0.337 e. The Morgan fingerprint density at radius 3 is 2.54 bits per heavy atom. The van der Waals surface area contributed by atoms with Gasteiger partial charge in [0.25, 0.3) is 0 Å². The molecule has 0 radical (unpaired) electrons. The first kappa shape index (κ1) is 18.5. The molecule has 0 saturated carbocycles. The quantitative estimate of drug-likeness (QED) is 0.519. The Morgan fingerprint density at radius 1 is 1.12 bits per heavy atom. The predicted molar refractivity (Wildman–Crippen MR) is 105 cm³/mol. The van der Waals surface area contributed by atoms with Gasteiger partial charge in [0.2, 0.25) is 10.0 Å². The van der Waals surface area contributed by atoms with Crippen LogP contribution in [0.2, 0.25) is 0 Å². The van der Waals surface area contributed by atoms with Gasteiger partial charge in [-0.2, -0.15) is 0 Å². The van der Waals surface area contributed by atoms with E-state index in [9.17, 15) is 8.42 Å². The first-order valence-corrected chi connectivity index (χ1v) is 10.3. The lowest BCUT2D eigenvalue weighted by molar-refractivity contribution is 0.520. The van der Waals surface area contributed by atoms with E-state index in [0.717, 1.165) is 16.8 Å². The summed E-state index contributed by atoms with van der Waals surface area (Å²) in [6.45, 7) is 0. The minimum atomic E-state index is -3.44. The summed E-state index contributed by atoms with van der Waals surface area (Å²) in [6, 6.07) is 16.7. The molecule has 8 heteroatoms. The smallest absolute Gasteiger partial charge is 0.242 e. The first-order valence-electron chi connectivity index (χ1n) is 7.92. The van der Waals surface area contributed by atoms with Crippen LogP contribution in [0.3, 0.4) is 0 Å². The Hall–Kier alpha value is -2.29. The second-order valence-electron chi connectivity index (χ2n) is 5.91. The van der Waals surface area contributed by atoms with Crippen LogP contribution in [0.4, 0.5) is 0 Å². The molecule has 3 rings (SSSR count). The molecule has 1 heterocycles. The number of nitrogens with two attached hydrogens (primary N) is 1. The monoisotopic (exact) mass is 388 g/mol. The van der Waals surface area contributed by atoms with E-state index >= 15 is 0 Å². The largest absolute Gasteiger partial charge is 0.337 e. The van der Waals surface area contributed by atoms with Crippen molar-refractivity contribution >= 4 is 21.8 Å². The maximum absolute atomic E-state index is 12.3. The van der Waals surface area contributed by atoms with Crippen molar-refractivity contribution in [1.29, 1.82) is 0 Å². The second kappa shape index (κ2) is 7.53. The third-order valence-corrected chi connectivity index (χ3v) is 6.66. The molecule has 0 aliphatic carbocycles. The van der Waals surface area contributed by atoms with Crippen LogP contribution in [0, 0.1) is 0 Å². The molecule has 0 aliphatic heterocycles. The van der Waals surface area contributed by atoms with Crippen LogP contribution >= 0.6 is 11.8 Å². The van der Waals surface area contributed by atoms with Gasteiger partial charge in [-0.05, 0) is 17.7 Å². The Bertz CT molecular complexity index is 999. The third kappa shape index (κ3) is 3.92. The topological polar surface area (TPSA) is 81.2 Å². The normalized spacial score (nSPS) is 11.8. The first-order chi connectivity index (χ1) is 12.4. The molecule has 0 unspecified atom stereocenters. The molecule has 0 amide bonds. The highest BCUT2D eigenvalue weighted by atomic mass is 32.2. The number of sulfonamides is 1. The number of nitrogen functional groups attached to an aromatic ring is 1. The van der Waals surface area contributed by atoms with Crippen molar-refractivity contribution in [2.45, 2.75) is 15.8 Å². The molecule has 0 spiro atoms. The second-order valence-corrected chi connectivity index (χ2v) is 9.00. The van der Waals surface area contributed by atoms with E-state index < -0.39 is 10.0 Å². The Balaban J connectivity index is 1.77. The van der Waals surface area contributed by atoms with Crippen LogP contribution in [0.1, 0.15) is 5.56 Å². The highest BCUT2D eigenvalue weighted by Crippen LogP contribution is 2.26. The van der Waals surface area contributed by atoms with Crippen molar-refractivity contribution in [3.05, 3.63) is 66.4 Å². The van der Waals surface area contributed by atoms with Gasteiger partial charge in [-0.1, -0.05) is 54.2 Å². The van der Waals surface area contributed by atoms with Crippen molar-refractivity contribution in [3.8, 4) is 11.3 Å². The lowest BCUT2D eigenvalue weighted by Gasteiger charge is -2.12. The van der Waals surface area contributed by atoms with Crippen molar-refractivity contribution < 1.29 is 8.42 Å². The zero-order chi connectivity index (χ0) is 18.7. The van der Waals surface area contributed by atoms with E-state index in [1.54, 1.807) is 24.4 Å². The highest BCUT2D eigenvalue weighted by Gasteiger charge is 2.17. The van der Waals surface area contributed by atoms with Crippen LogP contribution in [0.25, 0.3) is 11.3 Å². The van der Waals surface area contributed by atoms with Gasteiger partial charge in [0.15, 0.2) is 5.16 Å². The van der Waals surface area contributed by atoms with E-state index in [0.29, 0.717) is 10.9 Å². The van der Waals surface area contributed by atoms with Crippen molar-refractivity contribution in [2.75, 3.05) is 19.9 Å². The molecule has 0 fully saturated rings. The molecule has 0 aliphatic rings. The molecule has 0 saturated heterocycles. The van der Waals surface area contributed by atoms with Crippen LogP contribution in [-0.4, -0.2) is 36.5 Å². The summed E-state index contributed by atoms with van der Waals surface area (Å²) in [5, 5.41) is 0.671. The Kier molecular flexibility index (Phi) is 5.36. The number of thioether (sulfide) groups is 1. The van der Waals surface area contributed by atoms with Crippen molar-refractivity contribution in [1.82, 2.24) is 14.0 Å². The Morgan fingerprint density at radius 2 is 1.85 bits per heavy atom. The van der Waals surface area contributed by atoms with Gasteiger partial charge in [0.05, 0.1) is 16.8 Å². The van der Waals surface area contributed by atoms with Crippen LogP contribution in [0.5, 0.6) is 0 Å².